The first kappa shape index (κ1) is 20.6. The zero-order chi connectivity index (χ0) is 21.3. The molecule has 4 nitrogen and oxygen atoms in total. The molecule has 0 bridgehead atoms. The average Bonchev–Trinajstić information content (AvgIpc) is 3.01. The van der Waals surface area contributed by atoms with Crippen LogP contribution in [0.1, 0.15) is 37.8 Å². The number of aryl methyl sites for hydroxylation is 1. The van der Waals surface area contributed by atoms with Crippen LogP contribution >= 0.6 is 0 Å². The van der Waals surface area contributed by atoms with E-state index in [2.05, 4.69) is 30.1 Å². The van der Waals surface area contributed by atoms with Gasteiger partial charge in [0.05, 0.1) is 0 Å². The number of likely N-dealkylation sites (tertiary alicyclic amines) is 1. The number of hydrogen-bond donors (Lipinski definition) is 1. The highest BCUT2D eigenvalue weighted by Crippen LogP contribution is 2.47. The molecule has 0 saturated carbocycles. The van der Waals surface area contributed by atoms with Gasteiger partial charge in [-0.3, -0.25) is 9.80 Å². The molecule has 30 heavy (non-hydrogen) atoms. The van der Waals surface area contributed by atoms with Crippen molar-refractivity contribution in [1.82, 2.24) is 4.90 Å². The second-order valence-corrected chi connectivity index (χ2v) is 8.91. The van der Waals surface area contributed by atoms with Crippen LogP contribution in [0, 0.1) is 12.7 Å². The molecule has 2 aliphatic heterocycles. The smallest absolute Gasteiger partial charge is 0.308 e. The molecule has 4 rings (SSSR count). The maximum atomic E-state index is 14.2. The predicted octanol–water partition coefficient (Wildman–Crippen LogP) is 5.49. The zero-order valence-corrected chi connectivity index (χ0v) is 18.0. The largest absolute Gasteiger partial charge is 0.326 e. The van der Waals surface area contributed by atoms with Crippen LogP contribution in [0.15, 0.2) is 54.1 Å². The van der Waals surface area contributed by atoms with Gasteiger partial charge in [-0.05, 0) is 88.2 Å². The molecule has 0 aliphatic carbocycles. The fraction of sp³-hybridized carbons (Fsp3) is 0.400. The number of urea groups is 1. The molecule has 1 fully saturated rings. The number of hydrogen-bond acceptors (Lipinski definition) is 2. The van der Waals surface area contributed by atoms with E-state index < -0.39 is 0 Å². The van der Waals surface area contributed by atoms with Crippen LogP contribution in [0.2, 0.25) is 0 Å². The van der Waals surface area contributed by atoms with Gasteiger partial charge in [0.2, 0.25) is 0 Å². The normalized spacial score (nSPS) is 17.7. The summed E-state index contributed by atoms with van der Waals surface area (Å²) in [7, 11) is 0. The molecule has 1 N–H and O–H groups in total. The van der Waals surface area contributed by atoms with Crippen molar-refractivity contribution in [1.29, 1.82) is 0 Å². The minimum absolute atomic E-state index is 0.155. The molecule has 0 radical (unpaired) electrons. The summed E-state index contributed by atoms with van der Waals surface area (Å²) in [5.74, 6) is -0.235. The van der Waals surface area contributed by atoms with Crippen LogP contribution in [0.5, 0.6) is 0 Å². The Morgan fingerprint density at radius 3 is 2.63 bits per heavy atom. The van der Waals surface area contributed by atoms with Gasteiger partial charge in [0.15, 0.2) is 0 Å². The summed E-state index contributed by atoms with van der Waals surface area (Å²) >= 11 is 0. The molecule has 0 atom stereocenters. The Morgan fingerprint density at radius 2 is 1.93 bits per heavy atom. The predicted molar refractivity (Wildman–Crippen MR) is 121 cm³/mol. The van der Waals surface area contributed by atoms with Gasteiger partial charge in [-0.2, -0.15) is 0 Å². The molecule has 2 amide bonds. The highest BCUT2D eigenvalue weighted by Gasteiger charge is 2.46. The zero-order valence-electron chi connectivity index (χ0n) is 18.0. The number of allylic oxidation sites excluding steroid dienone is 1. The van der Waals surface area contributed by atoms with Crippen molar-refractivity contribution in [2.24, 2.45) is 0 Å². The average molecular weight is 408 g/mol. The summed E-state index contributed by atoms with van der Waals surface area (Å²) in [6, 6.07) is 12.5. The van der Waals surface area contributed by atoms with Gasteiger partial charge in [-0.15, -0.1) is 0 Å². The van der Waals surface area contributed by atoms with Crippen LogP contribution in [0.25, 0.3) is 0 Å². The number of carbonyl (C=O) groups is 1. The quantitative estimate of drug-likeness (QED) is 0.683. The minimum Gasteiger partial charge on any atom is -0.308 e. The Hall–Kier alpha value is -2.66. The molecule has 2 heterocycles. The van der Waals surface area contributed by atoms with Crippen molar-refractivity contribution in [2.45, 2.75) is 39.0 Å². The number of nitrogens with zero attached hydrogens (tertiary/aromatic N) is 2. The third-order valence-corrected chi connectivity index (χ3v) is 6.37. The number of anilines is 2. The van der Waals surface area contributed by atoms with Crippen LogP contribution in [-0.4, -0.2) is 37.1 Å². The summed E-state index contributed by atoms with van der Waals surface area (Å²) < 4.78 is 14.2. The van der Waals surface area contributed by atoms with Gasteiger partial charge < -0.3 is 5.32 Å². The van der Waals surface area contributed by atoms with Gasteiger partial charge in [0.25, 0.3) is 0 Å². The standard InChI is InChI=1S/C25H30FN3O/c1-18(2)9-12-28-13-10-25(11-14-28)17-29(23-8-7-20(26)16-22(23)25)24(30)27-21-6-4-5-19(3)15-21/h4-9,15-16H,10-14,17H2,1-3H3,(H,27,30). The van der Waals surface area contributed by atoms with E-state index >= 15 is 0 Å². The SMILES string of the molecule is CC(C)=CCN1CCC2(CC1)CN(C(=O)Nc1cccc(C)c1)c1ccc(F)cc12. The minimum atomic E-state index is -0.235. The van der Waals surface area contributed by atoms with Crippen LogP contribution in [0.4, 0.5) is 20.6 Å². The molecule has 2 aromatic carbocycles. The number of nitrogens with one attached hydrogen (secondary N) is 1. The summed E-state index contributed by atoms with van der Waals surface area (Å²) in [6.45, 7) is 9.69. The van der Waals surface area contributed by atoms with E-state index in [9.17, 15) is 9.18 Å². The number of carbonyl (C=O) groups excluding carboxylic acids is 1. The number of piperidine rings is 1. The third-order valence-electron chi connectivity index (χ3n) is 6.37. The molecular formula is C25H30FN3O. The number of fused-ring (bicyclic) bond motifs is 2. The summed E-state index contributed by atoms with van der Waals surface area (Å²) in [4.78, 5) is 17.4. The van der Waals surface area contributed by atoms with Gasteiger partial charge in [-0.1, -0.05) is 23.8 Å². The van der Waals surface area contributed by atoms with Crippen molar-refractivity contribution >= 4 is 17.4 Å². The number of amides is 2. The third kappa shape index (κ3) is 4.12. The lowest BCUT2D eigenvalue weighted by Gasteiger charge is -2.39. The maximum absolute atomic E-state index is 14.2. The lowest BCUT2D eigenvalue weighted by Crippen LogP contribution is -2.46. The lowest BCUT2D eigenvalue weighted by atomic mass is 9.74. The van der Waals surface area contributed by atoms with E-state index in [0.717, 1.165) is 55.0 Å². The Bertz CT molecular complexity index is 972. The van der Waals surface area contributed by atoms with Crippen LogP contribution in [0.3, 0.4) is 0 Å². The number of halogens is 1. The van der Waals surface area contributed by atoms with E-state index in [0.29, 0.717) is 6.54 Å². The summed E-state index contributed by atoms with van der Waals surface area (Å²) in [6.07, 6.45) is 4.10. The van der Waals surface area contributed by atoms with Crippen LogP contribution in [-0.2, 0) is 5.41 Å². The fourth-order valence-corrected chi connectivity index (χ4v) is 4.64. The molecule has 5 heteroatoms. The second kappa shape index (κ2) is 8.23. The van der Waals surface area contributed by atoms with E-state index in [1.165, 1.54) is 11.6 Å². The topological polar surface area (TPSA) is 35.6 Å². The molecule has 1 saturated heterocycles. The van der Waals surface area contributed by atoms with Gasteiger partial charge in [0.1, 0.15) is 5.82 Å². The van der Waals surface area contributed by atoms with E-state index in [1.807, 2.05) is 31.2 Å². The van der Waals surface area contributed by atoms with Gasteiger partial charge >= 0.3 is 6.03 Å². The first-order chi connectivity index (χ1) is 14.4. The van der Waals surface area contributed by atoms with Crippen LogP contribution < -0.4 is 10.2 Å². The van der Waals surface area contributed by atoms with Crippen molar-refractivity contribution in [2.75, 3.05) is 36.4 Å². The Kier molecular flexibility index (Phi) is 5.65. The summed E-state index contributed by atoms with van der Waals surface area (Å²) in [5, 5.41) is 3.02. The first-order valence-electron chi connectivity index (χ1n) is 10.7. The van der Waals surface area contributed by atoms with E-state index in [-0.39, 0.29) is 17.3 Å². The molecule has 2 aliphatic rings. The maximum Gasteiger partial charge on any atom is 0.326 e. The van der Waals surface area contributed by atoms with E-state index in [1.54, 1.807) is 17.0 Å². The van der Waals surface area contributed by atoms with Crippen molar-refractivity contribution in [3.05, 3.63) is 71.1 Å². The molecule has 1 spiro atoms. The first-order valence-corrected chi connectivity index (χ1v) is 10.7. The molecule has 0 aromatic heterocycles. The summed E-state index contributed by atoms with van der Waals surface area (Å²) in [5.41, 5.74) is 4.83. The van der Waals surface area contributed by atoms with Crippen molar-refractivity contribution in [3.63, 3.8) is 0 Å². The Balaban J connectivity index is 1.56. The molecule has 0 unspecified atom stereocenters. The number of rotatable bonds is 3. The monoisotopic (exact) mass is 407 g/mol. The number of benzene rings is 2. The Labute approximate surface area is 178 Å². The molecule has 158 valence electrons. The molecular weight excluding hydrogens is 377 g/mol. The highest BCUT2D eigenvalue weighted by atomic mass is 19.1. The van der Waals surface area contributed by atoms with Gasteiger partial charge in [0, 0.05) is 29.9 Å². The molecule has 2 aromatic rings. The lowest BCUT2D eigenvalue weighted by molar-refractivity contribution is 0.180. The second-order valence-electron chi connectivity index (χ2n) is 8.91. The highest BCUT2D eigenvalue weighted by molar-refractivity contribution is 6.03. The van der Waals surface area contributed by atoms with Crippen molar-refractivity contribution < 1.29 is 9.18 Å². The van der Waals surface area contributed by atoms with Gasteiger partial charge in [-0.25, -0.2) is 9.18 Å². The fourth-order valence-electron chi connectivity index (χ4n) is 4.64. The van der Waals surface area contributed by atoms with Crippen molar-refractivity contribution in [3.8, 4) is 0 Å². The Morgan fingerprint density at radius 1 is 1.17 bits per heavy atom. The van der Waals surface area contributed by atoms with E-state index in [4.69, 9.17) is 0 Å².